The molecular formula is C91H101Cl2N13O14S2. The maximum Gasteiger partial charge on any atom is 0.277 e. The molecule has 2 saturated heterocycles. The van der Waals surface area contributed by atoms with Crippen LogP contribution in [0.2, 0.25) is 10.0 Å². The minimum Gasteiger partial charge on any atom is -0.493 e. The van der Waals surface area contributed by atoms with Crippen molar-refractivity contribution in [2.75, 3.05) is 109 Å². The number of benzene rings is 6. The van der Waals surface area contributed by atoms with Crippen molar-refractivity contribution in [2.24, 2.45) is 22.7 Å². The minimum absolute atomic E-state index is 0.0326. The Labute approximate surface area is 720 Å². The Balaban J connectivity index is 0.000000190. The molecule has 2 fully saturated rings. The molecule has 122 heavy (non-hydrogen) atoms. The maximum absolute atomic E-state index is 14.0. The van der Waals surface area contributed by atoms with Crippen molar-refractivity contribution in [3.8, 4) is 34.5 Å². The van der Waals surface area contributed by atoms with Crippen molar-refractivity contribution in [3.05, 3.63) is 233 Å². The Morgan fingerprint density at radius 3 is 1.37 bits per heavy atom. The van der Waals surface area contributed by atoms with Gasteiger partial charge in [-0.1, -0.05) is 99.7 Å². The van der Waals surface area contributed by atoms with E-state index < -0.39 is 51.5 Å². The molecule has 0 radical (unpaired) electrons. The van der Waals surface area contributed by atoms with Gasteiger partial charge in [-0.25, -0.2) is 36.2 Å². The Hall–Kier alpha value is -10.9. The zero-order valence-electron chi connectivity index (χ0n) is 69.4. The lowest BCUT2D eigenvalue weighted by Gasteiger charge is -2.39. The summed E-state index contributed by atoms with van der Waals surface area (Å²) in [7, 11) is -5.30. The van der Waals surface area contributed by atoms with E-state index in [1.165, 1.54) is 57.9 Å². The van der Waals surface area contributed by atoms with E-state index in [-0.39, 0.29) is 68.2 Å². The first-order valence-corrected chi connectivity index (χ1v) is 45.1. The Morgan fingerprint density at radius 2 is 0.975 bits per heavy atom. The van der Waals surface area contributed by atoms with E-state index in [0.29, 0.717) is 60.0 Å². The van der Waals surface area contributed by atoms with Gasteiger partial charge in [-0.3, -0.25) is 39.6 Å². The van der Waals surface area contributed by atoms with Gasteiger partial charge in [0.15, 0.2) is 0 Å². The molecular weight excluding hydrogens is 1630 g/mol. The van der Waals surface area contributed by atoms with E-state index >= 15 is 0 Å². The van der Waals surface area contributed by atoms with Gasteiger partial charge in [-0.05, 0) is 203 Å². The number of nitro benzene ring substituents is 2. The fourth-order valence-electron chi connectivity index (χ4n) is 17.3. The second-order valence-corrected chi connectivity index (χ2v) is 38.7. The number of rotatable bonds is 25. The third-order valence-corrected chi connectivity index (χ3v) is 27.2. The normalized spacial score (nSPS) is 18.1. The summed E-state index contributed by atoms with van der Waals surface area (Å²) < 4.78 is 83.9. The van der Waals surface area contributed by atoms with Gasteiger partial charge in [0.05, 0.1) is 67.5 Å². The molecule has 0 bridgehead atoms. The average molecular weight is 1740 g/mol. The Bertz CT molecular complexity index is 5940. The van der Waals surface area contributed by atoms with Gasteiger partial charge in [-0.15, -0.1) is 0 Å². The summed E-state index contributed by atoms with van der Waals surface area (Å²) in [6.45, 7) is 20.7. The molecule has 2 atom stereocenters. The van der Waals surface area contributed by atoms with Crippen LogP contribution in [0.5, 0.6) is 34.5 Å². The van der Waals surface area contributed by atoms with Crippen LogP contribution >= 0.6 is 23.2 Å². The Kier molecular flexibility index (Phi) is 25.6. The lowest BCUT2D eigenvalue weighted by molar-refractivity contribution is -0.386. The smallest absolute Gasteiger partial charge is 0.277 e. The van der Waals surface area contributed by atoms with Crippen LogP contribution in [-0.4, -0.2) is 172 Å². The summed E-state index contributed by atoms with van der Waals surface area (Å²) in [5.74, 6) is -0.591. The molecule has 2 aliphatic carbocycles. The Morgan fingerprint density at radius 1 is 0.566 bits per heavy atom. The van der Waals surface area contributed by atoms with Gasteiger partial charge in [0.1, 0.15) is 45.8 Å². The van der Waals surface area contributed by atoms with Gasteiger partial charge in [-0.2, -0.15) is 0 Å². The first kappa shape index (κ1) is 86.0. The molecule has 0 unspecified atom stereocenters. The standard InChI is InChI=1S/C46H52ClN7O7S.C45H49ClN6O7S/c1-46(2)14-11-33(40(26-46)31-5-7-34(47)8-6-31)28-52-17-19-53(20-18-52)35-9-10-38(43(23-35)61-36-22-32-12-15-48-44(32)49-27-36)45(55)50-62(58,59)37-24-41(54(56)57)39-21-30(13-16-51(3)4)29-60-42(39)25-37;1-4-5-29-20-38-40(52(54)55)23-36(24-41(38)58-28-29)60(56,57)49-44(53)37-11-10-34(22-42(37)59-35-21-31-13-15-47-43(31)48-26-35)51-18-16-50(17-19-51)27-32-12-14-45(2,3)25-39(32)30-6-8-33(46)9-7-30/h5-10,12,15,22-25,27,30H,11,13-14,16-21,26,28-29H2,1-4H3,(H,48,49)(H,50,55);6-11,13,15,21-24,26,29H,4-5,12,14,16-20,25,27-28H2,1-3H3,(H,47,48)(H,49,53)/t30-;29-/m00/s1. The lowest BCUT2D eigenvalue weighted by Crippen LogP contribution is -2.47. The highest BCUT2D eigenvalue weighted by atomic mass is 35.5. The van der Waals surface area contributed by atoms with Crippen LogP contribution in [0.15, 0.2) is 179 Å². The van der Waals surface area contributed by atoms with Crippen molar-refractivity contribution in [1.82, 2.24) is 44.1 Å². The number of nitrogens with zero attached hydrogens (tertiary/aromatic N) is 9. The summed E-state index contributed by atoms with van der Waals surface area (Å²) in [5.41, 5.74) is 11.5. The quantitative estimate of drug-likeness (QED) is 0.0305. The average Bonchev–Trinajstić information content (AvgIpc) is 0.909. The van der Waals surface area contributed by atoms with Gasteiger partial charge >= 0.3 is 0 Å². The van der Waals surface area contributed by atoms with Crippen molar-refractivity contribution in [1.29, 1.82) is 0 Å². The van der Waals surface area contributed by atoms with E-state index in [9.17, 15) is 46.7 Å². The SMILES string of the molecule is CCC[C@@H]1COc2cc(S(=O)(=O)NC(=O)c3ccc(N4CCN(CC5=C(c6ccc(Cl)cc6)CC(C)(C)CC5)CC4)cc3Oc3cnc4[nH]ccc4c3)cc([N+](=O)[O-])c2C1.CN(C)CC[C@@H]1COc2cc(S(=O)(=O)NC(=O)c3ccc(N4CCN(CC5=C(c6ccc(Cl)cc6)CC(C)(C)CC5)CC4)cc3Oc3cnc4[nH]ccc4c3)cc([N+](=O)[O-])c2C1. The summed E-state index contributed by atoms with van der Waals surface area (Å²) in [5, 5.41) is 27.4. The largest absolute Gasteiger partial charge is 0.493 e. The van der Waals surface area contributed by atoms with Crippen molar-refractivity contribution in [2.45, 2.75) is 115 Å². The van der Waals surface area contributed by atoms with Crippen molar-refractivity contribution >= 4 is 111 Å². The molecule has 0 saturated carbocycles. The maximum atomic E-state index is 14.0. The molecule has 16 rings (SSSR count). The number of amides is 2. The van der Waals surface area contributed by atoms with Crippen LogP contribution in [0, 0.1) is 42.9 Å². The van der Waals surface area contributed by atoms with Crippen LogP contribution in [0.1, 0.15) is 135 Å². The van der Waals surface area contributed by atoms with Crippen LogP contribution in [0.4, 0.5) is 22.7 Å². The zero-order valence-corrected chi connectivity index (χ0v) is 72.6. The predicted octanol–water partition coefficient (Wildman–Crippen LogP) is 17.5. The molecule has 640 valence electrons. The molecule has 10 aromatic rings. The fourth-order valence-corrected chi connectivity index (χ4v) is 19.5. The van der Waals surface area contributed by atoms with Crippen molar-refractivity contribution in [3.63, 3.8) is 0 Å². The summed E-state index contributed by atoms with van der Waals surface area (Å²) in [6, 6.07) is 38.2. The summed E-state index contributed by atoms with van der Waals surface area (Å²) in [4.78, 5) is 76.6. The topological polar surface area (TPSA) is 323 Å². The van der Waals surface area contributed by atoms with Gasteiger partial charge in [0.2, 0.25) is 0 Å². The number of aromatic nitrogens is 4. The molecule has 4 N–H and O–H groups in total. The number of aromatic amines is 2. The number of sulfonamides is 2. The molecule has 4 aliphatic heterocycles. The van der Waals surface area contributed by atoms with Gasteiger partial charge < -0.3 is 43.6 Å². The van der Waals surface area contributed by atoms with Crippen LogP contribution in [0.3, 0.4) is 0 Å². The first-order chi connectivity index (χ1) is 58.3. The number of ether oxygens (including phenoxy) is 4. The van der Waals surface area contributed by atoms with E-state index in [4.69, 9.17) is 42.1 Å². The molecule has 31 heteroatoms. The highest BCUT2D eigenvalue weighted by Gasteiger charge is 2.37. The number of carbonyl (C=O) groups excluding carboxylic acids is 2. The molecule has 6 aliphatic rings. The second-order valence-electron chi connectivity index (χ2n) is 34.5. The summed E-state index contributed by atoms with van der Waals surface area (Å²) >= 11 is 12.5. The first-order valence-electron chi connectivity index (χ1n) is 41.4. The number of halogens is 2. The van der Waals surface area contributed by atoms with Gasteiger partial charge in [0, 0.05) is 146 Å². The van der Waals surface area contributed by atoms with Crippen molar-refractivity contribution < 1.29 is 55.2 Å². The van der Waals surface area contributed by atoms with E-state index in [0.717, 1.165) is 174 Å². The zero-order chi connectivity index (χ0) is 85.9. The number of anilines is 2. The monoisotopic (exact) mass is 1730 g/mol. The lowest BCUT2D eigenvalue weighted by atomic mass is 9.72. The van der Waals surface area contributed by atoms with Crippen LogP contribution < -0.4 is 38.2 Å². The molecule has 6 aromatic carbocycles. The number of carbonyl (C=O) groups is 2. The third kappa shape index (κ3) is 20.2. The third-order valence-electron chi connectivity index (χ3n) is 24.1. The number of pyridine rings is 2. The number of allylic oxidation sites excluding steroid dienone is 2. The molecule has 27 nitrogen and oxygen atoms in total. The van der Waals surface area contributed by atoms with Crippen LogP contribution in [0.25, 0.3) is 33.2 Å². The number of piperazine rings is 2. The van der Waals surface area contributed by atoms with Crippen LogP contribution in [-0.2, 0) is 32.9 Å². The number of nitrogens with one attached hydrogen (secondary N) is 4. The highest BCUT2D eigenvalue weighted by Crippen LogP contribution is 2.47. The number of fused-ring (bicyclic) bond motifs is 4. The number of hydrogen-bond donors (Lipinski definition) is 4. The van der Waals surface area contributed by atoms with Gasteiger partial charge in [0.25, 0.3) is 43.2 Å². The fraction of sp³-hybridized carbons (Fsp3) is 0.385. The molecule has 8 heterocycles. The highest BCUT2D eigenvalue weighted by molar-refractivity contribution is 7.90. The minimum atomic E-state index is -4.61. The van der Waals surface area contributed by atoms with E-state index in [1.807, 2.05) is 62.3 Å². The second kappa shape index (κ2) is 36.3. The summed E-state index contributed by atoms with van der Waals surface area (Å²) in [6.07, 6.45) is 16.2. The number of H-pyrrole nitrogens is 2. The number of nitro groups is 2. The molecule has 4 aromatic heterocycles. The van der Waals surface area contributed by atoms with E-state index in [1.54, 1.807) is 60.9 Å². The number of hydrogen-bond acceptors (Lipinski definition) is 21. The van der Waals surface area contributed by atoms with E-state index in [2.05, 4.69) is 101 Å². The molecule has 2 amide bonds. The predicted molar refractivity (Wildman–Crippen MR) is 473 cm³/mol. The molecule has 0 spiro atoms.